The number of piperidine rings is 2. The second kappa shape index (κ2) is 26.9. The Bertz CT molecular complexity index is 1560. The van der Waals surface area contributed by atoms with Gasteiger partial charge in [0.25, 0.3) is 11.5 Å². The van der Waals surface area contributed by atoms with E-state index in [-0.39, 0.29) is 0 Å². The van der Waals surface area contributed by atoms with Gasteiger partial charge in [0.1, 0.15) is 0 Å². The summed E-state index contributed by atoms with van der Waals surface area (Å²) in [5, 5.41) is 39.1. The van der Waals surface area contributed by atoms with E-state index in [1.54, 1.807) is 0 Å². The zero-order valence-electron chi connectivity index (χ0n) is 28.6. The quantitative estimate of drug-likeness (QED) is 0.272. The molecule has 2 aliphatic heterocycles. The molecular weight excluding hydrogens is 1100 g/mol. The SMILES string of the molecule is CC(=O)[O-].CC(=O)[O-].[OH2+]c1ccc2ccccc2c1CN1CCCCC1.[OH2+]c1ccc2ccccc2c1CN1CCCCC1.[O]=[U+2]=[O].[O]=[U+2]=[O]. The van der Waals surface area contributed by atoms with E-state index in [1.165, 1.54) is 97.4 Å². The van der Waals surface area contributed by atoms with Crippen LogP contribution in [0.25, 0.3) is 21.5 Å². The molecule has 0 spiro atoms. The third kappa shape index (κ3) is 18.4. The first-order valence-corrected chi connectivity index (χ1v) is 23.0. The van der Waals surface area contributed by atoms with Crippen molar-refractivity contribution in [1.29, 1.82) is 0 Å². The third-order valence-corrected chi connectivity index (χ3v) is 7.74. The summed E-state index contributed by atoms with van der Waals surface area (Å²) in [6.45, 7) is 8.54. The summed E-state index contributed by atoms with van der Waals surface area (Å²) in [6.07, 6.45) is 7.94. The van der Waals surface area contributed by atoms with E-state index in [2.05, 4.69) is 70.5 Å². The second-order valence-electron chi connectivity index (χ2n) is 11.4. The maximum absolute atomic E-state index is 8.89. The zero-order chi connectivity index (χ0) is 37.3. The van der Waals surface area contributed by atoms with Gasteiger partial charge in [0.05, 0.1) is 11.1 Å². The van der Waals surface area contributed by atoms with E-state index in [4.69, 9.17) is 39.0 Å². The second-order valence-corrected chi connectivity index (χ2v) is 12.8. The standard InChI is InChI=1S/2C16H19NO.2C2H4O2.4O.2U/c2*18-16-9-8-13-6-2-3-7-14(13)15(16)12-17-10-4-1-5-11-17;2*1-2(3)4;;;;;;/h2*2-3,6-9,18H,1,4-5,10-12H2;2*1H3,(H,3,4);;;;;;/q;;;;;;;;2*+2. The Morgan fingerprint density at radius 1 is 0.560 bits per heavy atom. The molecule has 0 saturated carbocycles. The average molecular weight is 1140 g/mol. The fraction of sp³-hybridized carbons (Fsp3) is 0.389. The Morgan fingerprint density at radius 3 is 1.14 bits per heavy atom. The minimum atomic E-state index is -2.51. The molecule has 0 radical (unpaired) electrons. The monoisotopic (exact) mass is 1140 g/mol. The summed E-state index contributed by atoms with van der Waals surface area (Å²) in [7, 11) is 0. The summed E-state index contributed by atoms with van der Waals surface area (Å²) in [5.74, 6) is -0.807. The molecule has 4 N–H and O–H groups in total. The van der Waals surface area contributed by atoms with E-state index >= 15 is 0 Å². The summed E-state index contributed by atoms with van der Waals surface area (Å²) >= 11 is -5.01. The minimum absolute atomic E-state index is 0.680. The van der Waals surface area contributed by atoms with Crippen LogP contribution >= 0.6 is 0 Å². The number of rotatable bonds is 4. The molecule has 264 valence electrons. The van der Waals surface area contributed by atoms with Gasteiger partial charge < -0.3 is 30.0 Å². The molecule has 0 unspecified atom stereocenters. The van der Waals surface area contributed by atoms with Crippen molar-refractivity contribution in [2.75, 3.05) is 26.2 Å². The van der Waals surface area contributed by atoms with Crippen LogP contribution in [0, 0.1) is 55.6 Å². The van der Waals surface area contributed by atoms with Crippen LogP contribution in [0.5, 0.6) is 11.5 Å². The molecule has 4 aromatic rings. The van der Waals surface area contributed by atoms with Gasteiger partial charge in [-0.2, -0.15) is 0 Å². The Balaban J connectivity index is 0.000000366. The van der Waals surface area contributed by atoms with Crippen molar-refractivity contribution in [3.05, 3.63) is 83.9 Å². The van der Waals surface area contributed by atoms with Crippen LogP contribution < -0.4 is 10.2 Å². The Kier molecular flexibility index (Phi) is 24.3. The van der Waals surface area contributed by atoms with Gasteiger partial charge in [-0.15, -0.1) is 0 Å². The first-order chi connectivity index (χ1) is 24.0. The molecule has 12 nitrogen and oxygen atoms in total. The molecule has 0 amide bonds. The van der Waals surface area contributed by atoms with Crippen LogP contribution in [0.2, 0.25) is 0 Å². The van der Waals surface area contributed by atoms with Crippen LogP contribution in [-0.2, 0) is 31.6 Å². The van der Waals surface area contributed by atoms with E-state index in [1.807, 2.05) is 12.1 Å². The topological polar surface area (TPSA) is 201 Å². The first-order valence-electron chi connectivity index (χ1n) is 16.2. The molecule has 2 aliphatic rings. The van der Waals surface area contributed by atoms with Gasteiger partial charge in [0.2, 0.25) is 0 Å². The number of carboxylic acids is 2. The van der Waals surface area contributed by atoms with Gasteiger partial charge in [0.15, 0.2) is 0 Å². The number of fused-ring (bicyclic) bond motifs is 2. The fourth-order valence-corrected chi connectivity index (χ4v) is 5.69. The van der Waals surface area contributed by atoms with Crippen molar-refractivity contribution in [2.24, 2.45) is 0 Å². The molecule has 6 rings (SSSR count). The van der Waals surface area contributed by atoms with E-state index in [0.717, 1.165) is 26.9 Å². The molecule has 2 heterocycles. The van der Waals surface area contributed by atoms with E-state index < -0.39 is 67.6 Å². The van der Waals surface area contributed by atoms with Gasteiger partial charge >= 0.3 is 64.6 Å². The molecule has 0 bridgehead atoms. The molecular formula is C36H46N2O10U2+4. The number of aliphatic carboxylic acids is 2. The van der Waals surface area contributed by atoms with E-state index in [9.17, 15) is 0 Å². The number of hydrogen-bond acceptors (Lipinski definition) is 10. The number of likely N-dealkylation sites (tertiary alicyclic amines) is 2. The van der Waals surface area contributed by atoms with Crippen molar-refractivity contribution in [1.82, 2.24) is 9.80 Å². The summed E-state index contributed by atoms with van der Waals surface area (Å²) in [5.41, 5.74) is 2.38. The molecule has 50 heavy (non-hydrogen) atoms. The van der Waals surface area contributed by atoms with Gasteiger partial charge in [-0.05, 0) is 99.4 Å². The van der Waals surface area contributed by atoms with Crippen molar-refractivity contribution in [2.45, 2.75) is 65.5 Å². The number of nitrogens with zero attached hydrogens (tertiary/aromatic N) is 2. The number of benzene rings is 4. The number of carbonyl (C=O) groups excluding carboxylic acids is 2. The van der Waals surface area contributed by atoms with Gasteiger partial charge in [-0.25, -0.2) is 0 Å². The molecule has 2 fully saturated rings. The zero-order valence-corrected chi connectivity index (χ0v) is 36.9. The van der Waals surface area contributed by atoms with Crippen molar-refractivity contribution in [3.63, 3.8) is 0 Å². The third-order valence-electron chi connectivity index (χ3n) is 7.74. The van der Waals surface area contributed by atoms with Gasteiger partial charge in [-0.3, -0.25) is 9.80 Å². The Labute approximate surface area is 322 Å². The van der Waals surface area contributed by atoms with Gasteiger partial charge in [-0.1, -0.05) is 61.4 Å². The predicted molar refractivity (Wildman–Crippen MR) is 176 cm³/mol. The molecule has 14 heteroatoms. The number of carboxylic acid groups (broad SMARTS) is 2. The van der Waals surface area contributed by atoms with Gasteiger partial charge in [0, 0.05) is 37.2 Å². The molecule has 0 aliphatic carbocycles. The molecule has 2 saturated heterocycles. The van der Waals surface area contributed by atoms with Crippen LogP contribution in [0.15, 0.2) is 72.8 Å². The van der Waals surface area contributed by atoms with E-state index in [0.29, 0.717) is 11.5 Å². The van der Waals surface area contributed by atoms with Crippen molar-refractivity contribution in [3.8, 4) is 11.5 Å². The number of hydrogen-bond donors (Lipinski definition) is 0. The van der Waals surface area contributed by atoms with Crippen LogP contribution in [-0.4, -0.2) is 58.1 Å². The fourth-order valence-electron chi connectivity index (χ4n) is 5.69. The summed E-state index contributed by atoms with van der Waals surface area (Å²) in [6, 6.07) is 24.8. The molecule has 0 aromatic heterocycles. The Morgan fingerprint density at radius 2 is 0.840 bits per heavy atom. The summed E-state index contributed by atoms with van der Waals surface area (Å²) < 4.78 is 34.3. The Hall–Kier alpha value is -2.84. The molecule has 0 atom stereocenters. The van der Waals surface area contributed by atoms with Crippen LogP contribution in [0.3, 0.4) is 0 Å². The maximum atomic E-state index is 8.89. The first kappa shape index (κ1) is 45.2. The summed E-state index contributed by atoms with van der Waals surface area (Å²) in [4.78, 5) is 22.8. The van der Waals surface area contributed by atoms with Crippen molar-refractivity contribution >= 4 is 33.5 Å². The average Bonchev–Trinajstić information content (AvgIpc) is 3.09. The normalized spacial score (nSPS) is 13.6. The number of carbonyl (C=O) groups is 2. The van der Waals surface area contributed by atoms with Crippen molar-refractivity contribution < 1.29 is 94.6 Å². The van der Waals surface area contributed by atoms with Crippen LogP contribution in [0.4, 0.5) is 0 Å². The molecule has 4 aromatic carbocycles. The van der Waals surface area contributed by atoms with Crippen LogP contribution in [0.1, 0.15) is 63.5 Å². The predicted octanol–water partition coefficient (Wildman–Crippen LogP) is 3.56.